The van der Waals surface area contributed by atoms with Crippen LogP contribution < -0.4 is 0 Å². The average molecular weight is 311 g/mol. The third-order valence-electron chi connectivity index (χ3n) is 4.96. The molecular formula is C23H21N. The third-order valence-corrected chi connectivity index (χ3v) is 4.96. The van der Waals surface area contributed by atoms with Gasteiger partial charge in [0, 0.05) is 17.5 Å². The summed E-state index contributed by atoms with van der Waals surface area (Å²) in [5.41, 5.74) is 6.25. The minimum atomic E-state index is 0.0442. The Balaban J connectivity index is 1.87. The maximum atomic E-state index is 5.05. The van der Waals surface area contributed by atoms with Crippen LogP contribution in [0.25, 0.3) is 0 Å². The van der Waals surface area contributed by atoms with E-state index in [1.807, 2.05) is 0 Å². The maximum absolute atomic E-state index is 5.05. The molecule has 0 saturated heterocycles. The smallest absolute Gasteiger partial charge is 0.0665 e. The van der Waals surface area contributed by atoms with E-state index in [0.717, 1.165) is 18.5 Å². The highest BCUT2D eigenvalue weighted by atomic mass is 14.8. The fraction of sp³-hybridized carbons (Fsp3) is 0.174. The Kier molecular flexibility index (Phi) is 3.78. The first-order valence-corrected chi connectivity index (χ1v) is 8.51. The number of hydrogen-bond donors (Lipinski definition) is 0. The molecule has 0 spiro atoms. The summed E-state index contributed by atoms with van der Waals surface area (Å²) < 4.78 is 0. The summed E-state index contributed by atoms with van der Waals surface area (Å²) >= 11 is 0. The minimum Gasteiger partial charge on any atom is -0.253 e. The van der Waals surface area contributed by atoms with Crippen LogP contribution in [0.5, 0.6) is 0 Å². The Hall–Kier alpha value is -2.67. The summed E-state index contributed by atoms with van der Waals surface area (Å²) in [7, 11) is 0. The fourth-order valence-corrected chi connectivity index (χ4v) is 3.65. The van der Waals surface area contributed by atoms with Crippen LogP contribution in [0.4, 0.5) is 5.69 Å². The van der Waals surface area contributed by atoms with Crippen molar-refractivity contribution in [2.24, 2.45) is 4.99 Å². The van der Waals surface area contributed by atoms with Gasteiger partial charge in [-0.25, -0.2) is 0 Å². The largest absolute Gasteiger partial charge is 0.253 e. The van der Waals surface area contributed by atoms with E-state index in [1.165, 1.54) is 22.4 Å². The van der Waals surface area contributed by atoms with E-state index in [2.05, 4.69) is 91.9 Å². The summed E-state index contributed by atoms with van der Waals surface area (Å²) in [5.74, 6) is 0. The van der Waals surface area contributed by atoms with Crippen molar-refractivity contribution in [1.29, 1.82) is 0 Å². The van der Waals surface area contributed by atoms with Gasteiger partial charge in [0.15, 0.2) is 0 Å². The van der Waals surface area contributed by atoms with Crippen molar-refractivity contribution in [3.05, 3.63) is 102 Å². The zero-order valence-corrected chi connectivity index (χ0v) is 13.9. The normalized spacial score (nSPS) is 20.0. The molecule has 0 N–H and O–H groups in total. The molecule has 3 aromatic rings. The lowest BCUT2D eigenvalue weighted by Crippen LogP contribution is -2.27. The average Bonchev–Trinajstić information content (AvgIpc) is 2.80. The van der Waals surface area contributed by atoms with Crippen LogP contribution in [0.3, 0.4) is 0 Å². The Bertz CT molecular complexity index is 865. The highest BCUT2D eigenvalue weighted by molar-refractivity contribution is 6.03. The fourth-order valence-electron chi connectivity index (χ4n) is 3.65. The molecule has 0 aromatic heterocycles. The monoisotopic (exact) mass is 311 g/mol. The zero-order chi connectivity index (χ0) is 16.4. The van der Waals surface area contributed by atoms with Gasteiger partial charge >= 0.3 is 0 Å². The predicted octanol–water partition coefficient (Wildman–Crippen LogP) is 5.71. The number of hydrogen-bond acceptors (Lipinski definition) is 1. The molecule has 24 heavy (non-hydrogen) atoms. The molecule has 0 bridgehead atoms. The molecule has 0 fully saturated rings. The molecule has 1 heterocycles. The van der Waals surface area contributed by atoms with Gasteiger partial charge in [0.25, 0.3) is 0 Å². The van der Waals surface area contributed by atoms with Crippen molar-refractivity contribution in [1.82, 2.24) is 0 Å². The van der Waals surface area contributed by atoms with Gasteiger partial charge < -0.3 is 0 Å². The molecule has 0 amide bonds. The topological polar surface area (TPSA) is 12.4 Å². The Morgan fingerprint density at radius 3 is 2.08 bits per heavy atom. The molecule has 3 aromatic carbocycles. The summed E-state index contributed by atoms with van der Waals surface area (Å²) in [5, 5.41) is 0. The number of fused-ring (bicyclic) bond motifs is 1. The van der Waals surface area contributed by atoms with E-state index < -0.39 is 0 Å². The number of benzene rings is 3. The molecule has 1 nitrogen and oxygen atoms in total. The highest BCUT2D eigenvalue weighted by Crippen LogP contribution is 2.39. The van der Waals surface area contributed by atoms with Crippen molar-refractivity contribution < 1.29 is 0 Å². The summed E-state index contributed by atoms with van der Waals surface area (Å²) in [6.45, 7) is 2.36. The second-order valence-corrected chi connectivity index (χ2v) is 6.83. The van der Waals surface area contributed by atoms with Crippen molar-refractivity contribution in [3.63, 3.8) is 0 Å². The maximum Gasteiger partial charge on any atom is 0.0665 e. The standard InChI is InChI=1S/C23H21N/c1-23(20-13-6-3-7-14-20)16-19-12-8-9-15-21(19)24-22(17-23)18-10-4-2-5-11-18/h2-15H,16-17H2,1H3. The quantitative estimate of drug-likeness (QED) is 0.574. The first-order valence-electron chi connectivity index (χ1n) is 8.51. The molecule has 1 aliphatic heterocycles. The van der Waals surface area contributed by atoms with E-state index in [9.17, 15) is 0 Å². The van der Waals surface area contributed by atoms with Gasteiger partial charge in [0.1, 0.15) is 0 Å². The molecule has 0 saturated carbocycles. The SMILES string of the molecule is CC1(c2ccccc2)CC(c2ccccc2)=Nc2ccccc2C1. The Morgan fingerprint density at radius 1 is 0.708 bits per heavy atom. The van der Waals surface area contributed by atoms with Crippen molar-refractivity contribution in [3.8, 4) is 0 Å². The molecule has 1 unspecified atom stereocenters. The van der Waals surface area contributed by atoms with Crippen LogP contribution in [-0.2, 0) is 11.8 Å². The lowest BCUT2D eigenvalue weighted by molar-refractivity contribution is 0.492. The number of nitrogens with zero attached hydrogens (tertiary/aromatic N) is 1. The Morgan fingerprint density at radius 2 is 1.33 bits per heavy atom. The van der Waals surface area contributed by atoms with Crippen LogP contribution in [0.15, 0.2) is 89.9 Å². The van der Waals surface area contributed by atoms with Crippen LogP contribution in [0.1, 0.15) is 30.0 Å². The third kappa shape index (κ3) is 2.78. The van der Waals surface area contributed by atoms with Crippen molar-refractivity contribution in [2.75, 3.05) is 0 Å². The lowest BCUT2D eigenvalue weighted by atomic mass is 9.73. The molecule has 1 atom stereocenters. The van der Waals surface area contributed by atoms with Gasteiger partial charge in [0.05, 0.1) is 5.69 Å². The first kappa shape index (κ1) is 14.9. The molecule has 1 aliphatic rings. The molecule has 118 valence electrons. The van der Waals surface area contributed by atoms with Gasteiger partial charge in [-0.15, -0.1) is 0 Å². The number of para-hydroxylation sites is 1. The van der Waals surface area contributed by atoms with E-state index in [0.29, 0.717) is 0 Å². The van der Waals surface area contributed by atoms with Gasteiger partial charge in [-0.3, -0.25) is 4.99 Å². The van der Waals surface area contributed by atoms with E-state index in [-0.39, 0.29) is 5.41 Å². The molecular weight excluding hydrogens is 290 g/mol. The number of rotatable bonds is 2. The van der Waals surface area contributed by atoms with E-state index >= 15 is 0 Å². The van der Waals surface area contributed by atoms with Gasteiger partial charge in [0.2, 0.25) is 0 Å². The summed E-state index contributed by atoms with van der Waals surface area (Å²) in [4.78, 5) is 5.05. The first-order chi connectivity index (χ1) is 11.7. The lowest BCUT2D eigenvalue weighted by Gasteiger charge is -2.30. The highest BCUT2D eigenvalue weighted by Gasteiger charge is 2.32. The van der Waals surface area contributed by atoms with Crippen molar-refractivity contribution in [2.45, 2.75) is 25.2 Å². The van der Waals surface area contributed by atoms with Gasteiger partial charge in [-0.2, -0.15) is 0 Å². The van der Waals surface area contributed by atoms with Crippen molar-refractivity contribution >= 4 is 11.4 Å². The van der Waals surface area contributed by atoms with Crippen LogP contribution in [0.2, 0.25) is 0 Å². The second-order valence-electron chi connectivity index (χ2n) is 6.83. The number of aliphatic imine (C=N–C) groups is 1. The molecule has 0 aliphatic carbocycles. The van der Waals surface area contributed by atoms with E-state index in [1.54, 1.807) is 0 Å². The minimum absolute atomic E-state index is 0.0442. The van der Waals surface area contributed by atoms with Crippen LogP contribution >= 0.6 is 0 Å². The molecule has 0 radical (unpaired) electrons. The Labute approximate surface area is 143 Å². The second kappa shape index (κ2) is 6.09. The molecule has 1 heteroatoms. The molecule has 4 rings (SSSR count). The summed E-state index contributed by atoms with van der Waals surface area (Å²) in [6.07, 6.45) is 1.95. The van der Waals surface area contributed by atoms with Gasteiger partial charge in [-0.1, -0.05) is 85.8 Å². The van der Waals surface area contributed by atoms with Crippen LogP contribution in [0, 0.1) is 0 Å². The van der Waals surface area contributed by atoms with Crippen LogP contribution in [-0.4, -0.2) is 5.71 Å². The van der Waals surface area contributed by atoms with Gasteiger partial charge in [-0.05, 0) is 29.2 Å². The predicted molar refractivity (Wildman–Crippen MR) is 101 cm³/mol. The summed E-state index contributed by atoms with van der Waals surface area (Å²) in [6, 6.07) is 30.0. The van der Waals surface area contributed by atoms with E-state index in [4.69, 9.17) is 4.99 Å². The zero-order valence-electron chi connectivity index (χ0n) is 13.9.